The molecule has 1 atom stereocenters. The Bertz CT molecular complexity index is 768. The molecule has 1 unspecified atom stereocenters. The zero-order valence-electron chi connectivity index (χ0n) is 15.9. The van der Waals surface area contributed by atoms with Gasteiger partial charge < -0.3 is 4.90 Å². The molecule has 1 aromatic carbocycles. The first-order chi connectivity index (χ1) is 11.8. The first-order valence-corrected chi connectivity index (χ1v) is 9.82. The predicted molar refractivity (Wildman–Crippen MR) is 113 cm³/mol. The van der Waals surface area contributed by atoms with E-state index in [0.717, 1.165) is 33.4 Å². The van der Waals surface area contributed by atoms with Crippen molar-refractivity contribution in [1.82, 2.24) is 4.98 Å². The highest BCUT2D eigenvalue weighted by Crippen LogP contribution is 2.38. The van der Waals surface area contributed by atoms with E-state index in [2.05, 4.69) is 57.2 Å². The van der Waals surface area contributed by atoms with Crippen LogP contribution in [-0.4, -0.2) is 19.1 Å². The van der Waals surface area contributed by atoms with Crippen LogP contribution in [0.2, 0.25) is 5.02 Å². The number of hydrogen-bond acceptors (Lipinski definition) is 3. The zero-order chi connectivity index (χ0) is 18.6. The zero-order valence-corrected chi connectivity index (χ0v) is 17.5. The maximum Gasteiger partial charge on any atom is 0.104 e. The molecule has 1 heterocycles. The smallest absolute Gasteiger partial charge is 0.104 e. The van der Waals surface area contributed by atoms with Gasteiger partial charge in [0.15, 0.2) is 0 Å². The van der Waals surface area contributed by atoms with Crippen LogP contribution in [-0.2, 0) is 0 Å². The number of allylic oxidation sites excluding steroid dienone is 1. The van der Waals surface area contributed by atoms with Crippen LogP contribution in [0.5, 0.6) is 0 Å². The van der Waals surface area contributed by atoms with E-state index in [-0.39, 0.29) is 0 Å². The molecule has 4 heteroatoms. The highest BCUT2D eigenvalue weighted by atomic mass is 35.5. The van der Waals surface area contributed by atoms with Crippen molar-refractivity contribution in [2.24, 2.45) is 5.92 Å². The number of hydrogen-bond donors (Lipinski definition) is 0. The number of aromatic nitrogens is 1. The second kappa shape index (κ2) is 8.77. The minimum Gasteiger partial charge on any atom is -0.376 e. The van der Waals surface area contributed by atoms with Crippen LogP contribution in [0.3, 0.4) is 0 Å². The van der Waals surface area contributed by atoms with E-state index in [1.165, 1.54) is 10.5 Å². The number of thioether (sulfide) groups is 1. The molecular formula is C21H27ClN2S. The van der Waals surface area contributed by atoms with Crippen LogP contribution in [0.4, 0.5) is 5.69 Å². The third-order valence-electron chi connectivity index (χ3n) is 4.19. The Kier molecular flexibility index (Phi) is 6.97. The Hall–Kier alpha value is -1.45. The second-order valence-corrected chi connectivity index (χ2v) is 8.09. The molecule has 1 aromatic heterocycles. The summed E-state index contributed by atoms with van der Waals surface area (Å²) in [5.41, 5.74) is 4.41. The lowest BCUT2D eigenvalue weighted by atomic mass is 10.1. The molecule has 0 saturated heterocycles. The summed E-state index contributed by atoms with van der Waals surface area (Å²) in [7, 11) is 4.01. The van der Waals surface area contributed by atoms with Crippen LogP contribution in [0.25, 0.3) is 4.91 Å². The highest BCUT2D eigenvalue weighted by molar-refractivity contribution is 8.08. The van der Waals surface area contributed by atoms with Crippen LogP contribution in [0.1, 0.15) is 37.1 Å². The lowest BCUT2D eigenvalue weighted by Crippen LogP contribution is -2.09. The van der Waals surface area contributed by atoms with Gasteiger partial charge in [0.2, 0.25) is 0 Å². The molecule has 0 spiro atoms. The summed E-state index contributed by atoms with van der Waals surface area (Å²) in [6, 6.07) is 10.5. The predicted octanol–water partition coefficient (Wildman–Crippen LogP) is 6.60. The van der Waals surface area contributed by atoms with E-state index in [4.69, 9.17) is 16.6 Å². The van der Waals surface area contributed by atoms with E-state index < -0.39 is 0 Å². The second-order valence-electron chi connectivity index (χ2n) is 6.65. The summed E-state index contributed by atoms with van der Waals surface area (Å²) < 4.78 is 0. The van der Waals surface area contributed by atoms with Crippen LogP contribution < -0.4 is 4.90 Å². The topological polar surface area (TPSA) is 16.1 Å². The Morgan fingerprint density at radius 2 is 1.96 bits per heavy atom. The Morgan fingerprint density at radius 1 is 1.24 bits per heavy atom. The molecule has 0 bridgehead atoms. The quantitative estimate of drug-likeness (QED) is 0.530. The Morgan fingerprint density at radius 3 is 2.56 bits per heavy atom. The van der Waals surface area contributed by atoms with Gasteiger partial charge in [-0.2, -0.15) is 0 Å². The molecule has 0 amide bonds. The fourth-order valence-electron chi connectivity index (χ4n) is 2.40. The van der Waals surface area contributed by atoms with E-state index in [0.29, 0.717) is 5.92 Å². The maximum atomic E-state index is 6.50. The molecule has 0 fully saturated rings. The SMILES string of the molecule is CCC(C)C=C(Sc1nc(C)ccc1C)c1ccc(N(C)C)c(Cl)c1. The Labute approximate surface area is 161 Å². The molecule has 0 aliphatic carbocycles. The van der Waals surface area contributed by atoms with Gasteiger partial charge in [-0.1, -0.05) is 61.8 Å². The lowest BCUT2D eigenvalue weighted by Gasteiger charge is -2.17. The molecule has 2 aromatic rings. The summed E-state index contributed by atoms with van der Waals surface area (Å²) in [5, 5.41) is 1.83. The molecule has 0 N–H and O–H groups in total. The summed E-state index contributed by atoms with van der Waals surface area (Å²) >= 11 is 8.23. The molecular weight excluding hydrogens is 348 g/mol. The van der Waals surface area contributed by atoms with Crippen molar-refractivity contribution in [3.8, 4) is 0 Å². The number of pyridine rings is 1. The fourth-order valence-corrected chi connectivity index (χ4v) is 3.92. The Balaban J connectivity index is 2.45. The molecule has 25 heavy (non-hydrogen) atoms. The molecule has 0 aliphatic heterocycles. The third kappa shape index (κ3) is 5.26. The van der Waals surface area contributed by atoms with Gasteiger partial charge in [-0.3, -0.25) is 0 Å². The molecule has 2 nitrogen and oxygen atoms in total. The highest BCUT2D eigenvalue weighted by Gasteiger charge is 2.12. The molecule has 134 valence electrons. The van der Waals surface area contributed by atoms with Gasteiger partial charge in [0, 0.05) is 24.7 Å². The number of benzene rings is 1. The molecule has 0 radical (unpaired) electrons. The van der Waals surface area contributed by atoms with Crippen molar-refractivity contribution < 1.29 is 0 Å². The minimum absolute atomic E-state index is 0.500. The van der Waals surface area contributed by atoms with Gasteiger partial charge in [0.1, 0.15) is 5.03 Å². The third-order valence-corrected chi connectivity index (χ3v) is 5.69. The number of aryl methyl sites for hydroxylation is 2. The van der Waals surface area contributed by atoms with E-state index in [9.17, 15) is 0 Å². The van der Waals surface area contributed by atoms with Gasteiger partial charge in [-0.15, -0.1) is 0 Å². The largest absolute Gasteiger partial charge is 0.376 e. The van der Waals surface area contributed by atoms with Crippen molar-refractivity contribution in [3.05, 3.63) is 58.3 Å². The van der Waals surface area contributed by atoms with E-state index in [1.54, 1.807) is 11.8 Å². The molecule has 2 rings (SSSR count). The van der Waals surface area contributed by atoms with Gasteiger partial charge in [0.05, 0.1) is 10.7 Å². The summed E-state index contributed by atoms with van der Waals surface area (Å²) in [6.07, 6.45) is 3.43. The first kappa shape index (κ1) is 19.9. The standard InChI is InChI=1S/C21H27ClN2S/c1-7-14(2)12-20(25-21-15(3)8-9-16(4)23-21)17-10-11-19(24(5)6)18(22)13-17/h8-14H,7H2,1-6H3. The lowest BCUT2D eigenvalue weighted by molar-refractivity contribution is 0.701. The fraction of sp³-hybridized carbons (Fsp3) is 0.381. The number of anilines is 1. The normalized spacial score (nSPS) is 13.0. The van der Waals surface area contributed by atoms with E-state index in [1.807, 2.05) is 25.9 Å². The van der Waals surface area contributed by atoms with Crippen molar-refractivity contribution in [3.63, 3.8) is 0 Å². The molecule has 0 aliphatic rings. The summed E-state index contributed by atoms with van der Waals surface area (Å²) in [6.45, 7) is 8.59. The summed E-state index contributed by atoms with van der Waals surface area (Å²) in [4.78, 5) is 7.96. The van der Waals surface area contributed by atoms with Gasteiger partial charge in [-0.25, -0.2) is 4.98 Å². The number of nitrogens with zero attached hydrogens (tertiary/aromatic N) is 2. The average Bonchev–Trinajstić information content (AvgIpc) is 2.56. The minimum atomic E-state index is 0.500. The number of rotatable bonds is 6. The van der Waals surface area contributed by atoms with Crippen molar-refractivity contribution in [2.45, 2.75) is 39.1 Å². The van der Waals surface area contributed by atoms with Crippen molar-refractivity contribution >= 4 is 34.0 Å². The number of halogens is 1. The summed E-state index contributed by atoms with van der Waals surface area (Å²) in [5.74, 6) is 0.500. The van der Waals surface area contributed by atoms with Crippen molar-refractivity contribution in [2.75, 3.05) is 19.0 Å². The average molecular weight is 375 g/mol. The van der Waals surface area contributed by atoms with E-state index >= 15 is 0 Å². The van der Waals surface area contributed by atoms with Crippen molar-refractivity contribution in [1.29, 1.82) is 0 Å². The van der Waals surface area contributed by atoms with Crippen LogP contribution >= 0.6 is 23.4 Å². The molecule has 0 saturated carbocycles. The van der Waals surface area contributed by atoms with Gasteiger partial charge in [-0.05, 0) is 49.1 Å². The van der Waals surface area contributed by atoms with Gasteiger partial charge >= 0.3 is 0 Å². The van der Waals surface area contributed by atoms with Crippen LogP contribution in [0, 0.1) is 19.8 Å². The monoisotopic (exact) mass is 374 g/mol. The van der Waals surface area contributed by atoms with Gasteiger partial charge in [0.25, 0.3) is 0 Å². The first-order valence-electron chi connectivity index (χ1n) is 8.63. The maximum absolute atomic E-state index is 6.50. The van der Waals surface area contributed by atoms with Crippen LogP contribution in [0.15, 0.2) is 41.4 Å².